The number of H-pyrrole nitrogens is 1. The third kappa shape index (κ3) is 4.25. The summed E-state index contributed by atoms with van der Waals surface area (Å²) in [5, 5.41) is 10.4. The average molecular weight is 392 g/mol. The molecule has 2 heterocycles. The Balaban J connectivity index is 2.09. The van der Waals surface area contributed by atoms with Gasteiger partial charge in [-0.2, -0.15) is 0 Å². The van der Waals surface area contributed by atoms with E-state index < -0.39 is 11.6 Å². The number of rotatable bonds is 3. The predicted molar refractivity (Wildman–Crippen MR) is 112 cm³/mol. The maximum absolute atomic E-state index is 12.9. The third-order valence-corrected chi connectivity index (χ3v) is 4.64. The number of aromatic amines is 1. The highest BCUT2D eigenvalue weighted by Gasteiger charge is 2.22. The number of aromatic nitrogens is 2. The van der Waals surface area contributed by atoms with Crippen molar-refractivity contribution in [3.63, 3.8) is 0 Å². The molecule has 0 aliphatic carbocycles. The van der Waals surface area contributed by atoms with E-state index in [2.05, 4.69) is 16.8 Å². The number of carbonyl (C=O) groups is 1. The molecule has 0 atom stereocenters. The first-order valence-corrected chi connectivity index (χ1v) is 9.27. The molecule has 6 nitrogen and oxygen atoms in total. The lowest BCUT2D eigenvalue weighted by Gasteiger charge is -2.09. The van der Waals surface area contributed by atoms with Crippen LogP contribution >= 0.6 is 0 Å². The van der Waals surface area contributed by atoms with E-state index in [1.807, 2.05) is 31.2 Å². The maximum Gasteiger partial charge on any atom is 0.340 e. The summed E-state index contributed by atoms with van der Waals surface area (Å²) < 4.78 is 6.95. The van der Waals surface area contributed by atoms with Crippen LogP contribution in [0.15, 0.2) is 35.3 Å². The van der Waals surface area contributed by atoms with Gasteiger partial charge in [-0.15, -0.1) is 0 Å². The first-order chi connectivity index (χ1) is 13.6. The Morgan fingerprint density at radius 2 is 1.97 bits per heavy atom. The zero-order valence-corrected chi connectivity index (χ0v) is 17.2. The zero-order valence-electron chi connectivity index (χ0n) is 17.2. The number of aliphatic hydroxyl groups is 1. The molecule has 3 rings (SSSR count). The van der Waals surface area contributed by atoms with Crippen molar-refractivity contribution in [2.75, 3.05) is 0 Å². The van der Waals surface area contributed by atoms with Crippen molar-refractivity contribution in [3.8, 4) is 11.8 Å². The lowest BCUT2D eigenvalue weighted by molar-refractivity contribution is 0.0473. The van der Waals surface area contributed by atoms with Crippen LogP contribution in [0.1, 0.15) is 46.6 Å². The fourth-order valence-electron chi connectivity index (χ4n) is 3.11. The smallest absolute Gasteiger partial charge is 0.340 e. The van der Waals surface area contributed by atoms with E-state index in [-0.39, 0.29) is 23.2 Å². The average Bonchev–Trinajstić information content (AvgIpc) is 2.99. The first kappa shape index (κ1) is 20.4. The standard InChI is InChI=1S/C23H24N2O4/c1-14-8-6-7-9-17(14)13-29-22(27)18-15(2)24-20-19(18)16(10-11-23(3,4)28)12-25(5)21(20)26/h6-9,12,24,28H,13H2,1-5H3. The molecule has 0 unspecified atom stereocenters. The number of carbonyl (C=O) groups excluding carboxylic acids is 1. The number of nitrogens with one attached hydrogen (secondary N) is 1. The van der Waals surface area contributed by atoms with Crippen LogP contribution in [0.25, 0.3) is 10.9 Å². The van der Waals surface area contributed by atoms with Gasteiger partial charge in [-0.1, -0.05) is 36.1 Å². The van der Waals surface area contributed by atoms with Crippen molar-refractivity contribution in [1.82, 2.24) is 9.55 Å². The monoisotopic (exact) mass is 392 g/mol. The summed E-state index contributed by atoms with van der Waals surface area (Å²) in [7, 11) is 1.61. The topological polar surface area (TPSA) is 84.3 Å². The second kappa shape index (κ2) is 7.61. The largest absolute Gasteiger partial charge is 0.457 e. The van der Waals surface area contributed by atoms with Gasteiger partial charge in [-0.05, 0) is 38.8 Å². The Morgan fingerprint density at radius 3 is 2.62 bits per heavy atom. The van der Waals surface area contributed by atoms with Crippen LogP contribution in [0.4, 0.5) is 0 Å². The molecule has 0 radical (unpaired) electrons. The van der Waals surface area contributed by atoms with Gasteiger partial charge < -0.3 is 19.4 Å². The molecule has 150 valence electrons. The van der Waals surface area contributed by atoms with Crippen LogP contribution in [-0.2, 0) is 18.4 Å². The number of hydrogen-bond donors (Lipinski definition) is 2. The number of aryl methyl sites for hydroxylation is 3. The van der Waals surface area contributed by atoms with Crippen LogP contribution < -0.4 is 5.56 Å². The summed E-state index contributed by atoms with van der Waals surface area (Å²) in [6, 6.07) is 7.67. The Bertz CT molecular complexity index is 1210. The maximum atomic E-state index is 12.9. The highest BCUT2D eigenvalue weighted by atomic mass is 16.5. The summed E-state index contributed by atoms with van der Waals surface area (Å²) in [4.78, 5) is 28.5. The van der Waals surface area contributed by atoms with E-state index in [9.17, 15) is 14.7 Å². The van der Waals surface area contributed by atoms with Gasteiger partial charge >= 0.3 is 5.97 Å². The SMILES string of the molecule is Cc1ccccc1COC(=O)c1c(C)[nH]c2c(=O)n(C)cc(C#CC(C)(C)O)c12. The Kier molecular flexibility index (Phi) is 5.36. The fourth-order valence-corrected chi connectivity index (χ4v) is 3.11. The number of benzene rings is 1. The second-order valence-corrected chi connectivity index (χ2v) is 7.65. The highest BCUT2D eigenvalue weighted by Crippen LogP contribution is 2.25. The second-order valence-electron chi connectivity index (χ2n) is 7.65. The molecule has 0 saturated heterocycles. The lowest BCUT2D eigenvalue weighted by atomic mass is 10.1. The Labute approximate surface area is 169 Å². The molecule has 1 aromatic carbocycles. The normalized spacial score (nSPS) is 11.2. The van der Waals surface area contributed by atoms with E-state index in [1.165, 1.54) is 4.57 Å². The minimum absolute atomic E-state index is 0.132. The molecule has 3 aromatic rings. The van der Waals surface area contributed by atoms with Crippen molar-refractivity contribution in [3.05, 3.63) is 68.8 Å². The minimum Gasteiger partial charge on any atom is -0.457 e. The van der Waals surface area contributed by atoms with Crippen LogP contribution in [0.2, 0.25) is 0 Å². The van der Waals surface area contributed by atoms with Crippen LogP contribution in [0.3, 0.4) is 0 Å². The van der Waals surface area contributed by atoms with E-state index in [0.717, 1.165) is 11.1 Å². The molecule has 0 saturated carbocycles. The van der Waals surface area contributed by atoms with Gasteiger partial charge in [0.25, 0.3) is 5.56 Å². The molecule has 0 aliphatic heterocycles. The zero-order chi connectivity index (χ0) is 21.3. The van der Waals surface area contributed by atoms with Crippen molar-refractivity contribution in [2.45, 2.75) is 39.9 Å². The predicted octanol–water partition coefficient (Wildman–Crippen LogP) is 2.96. The number of ether oxygens (including phenoxy) is 1. The molecular weight excluding hydrogens is 368 g/mol. The van der Waals surface area contributed by atoms with E-state index in [4.69, 9.17) is 4.74 Å². The number of hydrogen-bond acceptors (Lipinski definition) is 4. The molecule has 0 aliphatic rings. The first-order valence-electron chi connectivity index (χ1n) is 9.27. The van der Waals surface area contributed by atoms with Gasteiger partial charge in [0, 0.05) is 24.3 Å². The summed E-state index contributed by atoms with van der Waals surface area (Å²) in [6.07, 6.45) is 1.56. The highest BCUT2D eigenvalue weighted by molar-refractivity contribution is 6.07. The van der Waals surface area contributed by atoms with Gasteiger partial charge in [-0.25, -0.2) is 4.79 Å². The van der Waals surface area contributed by atoms with Crippen LogP contribution in [0.5, 0.6) is 0 Å². The summed E-state index contributed by atoms with van der Waals surface area (Å²) in [5.74, 6) is 5.11. The van der Waals surface area contributed by atoms with Crippen molar-refractivity contribution < 1.29 is 14.6 Å². The summed E-state index contributed by atoms with van der Waals surface area (Å²) in [6.45, 7) is 6.94. The molecule has 2 aromatic heterocycles. The number of esters is 1. The van der Waals surface area contributed by atoms with Crippen molar-refractivity contribution >= 4 is 16.9 Å². The van der Waals surface area contributed by atoms with Gasteiger partial charge in [0.1, 0.15) is 17.7 Å². The lowest BCUT2D eigenvalue weighted by Crippen LogP contribution is -2.18. The molecule has 0 amide bonds. The Morgan fingerprint density at radius 1 is 1.28 bits per heavy atom. The van der Waals surface area contributed by atoms with Gasteiger partial charge in [0.2, 0.25) is 0 Å². The van der Waals surface area contributed by atoms with E-state index in [1.54, 1.807) is 34.0 Å². The van der Waals surface area contributed by atoms with Crippen LogP contribution in [-0.4, -0.2) is 26.2 Å². The molecule has 0 spiro atoms. The quantitative estimate of drug-likeness (QED) is 0.530. The van der Waals surface area contributed by atoms with Gasteiger partial charge in [0.15, 0.2) is 0 Å². The van der Waals surface area contributed by atoms with E-state index >= 15 is 0 Å². The molecular formula is C23H24N2O4. The van der Waals surface area contributed by atoms with Gasteiger partial charge in [-0.3, -0.25) is 4.79 Å². The summed E-state index contributed by atoms with van der Waals surface area (Å²) >= 11 is 0. The number of fused-ring (bicyclic) bond motifs is 1. The molecule has 0 fully saturated rings. The third-order valence-electron chi connectivity index (χ3n) is 4.64. The van der Waals surface area contributed by atoms with Crippen molar-refractivity contribution in [1.29, 1.82) is 0 Å². The van der Waals surface area contributed by atoms with Crippen molar-refractivity contribution in [2.24, 2.45) is 7.05 Å². The minimum atomic E-state index is -1.21. The number of nitrogens with zero attached hydrogens (tertiary/aromatic N) is 1. The summed E-state index contributed by atoms with van der Waals surface area (Å²) in [5.41, 5.74) is 2.04. The van der Waals surface area contributed by atoms with E-state index in [0.29, 0.717) is 16.6 Å². The van der Waals surface area contributed by atoms with Crippen LogP contribution in [0, 0.1) is 25.7 Å². The number of pyridine rings is 1. The Hall–Kier alpha value is -3.30. The molecule has 6 heteroatoms. The molecule has 2 N–H and O–H groups in total. The molecule has 29 heavy (non-hydrogen) atoms. The fraction of sp³-hybridized carbons (Fsp3) is 0.304. The van der Waals surface area contributed by atoms with Gasteiger partial charge in [0.05, 0.1) is 11.1 Å². The molecule has 0 bridgehead atoms.